The van der Waals surface area contributed by atoms with E-state index < -0.39 is 13.1 Å². The van der Waals surface area contributed by atoms with Crippen molar-refractivity contribution in [1.82, 2.24) is 29.1 Å². The zero-order valence-corrected chi connectivity index (χ0v) is 37.6. The van der Waals surface area contributed by atoms with Crippen molar-refractivity contribution in [3.05, 3.63) is 236 Å². The van der Waals surface area contributed by atoms with Crippen LogP contribution in [0.3, 0.4) is 0 Å². The Morgan fingerprint density at radius 3 is 0.831 bits per heavy atom. The van der Waals surface area contributed by atoms with Gasteiger partial charge < -0.3 is 23.7 Å². The average Bonchev–Trinajstić information content (AvgIpc) is 4.13. The van der Waals surface area contributed by atoms with E-state index in [4.69, 9.17) is 38.5 Å². The third-order valence-electron chi connectivity index (χ3n) is 10.6. The predicted molar refractivity (Wildman–Crippen MR) is 260 cm³/mol. The van der Waals surface area contributed by atoms with Gasteiger partial charge >= 0.3 is 24.2 Å². The summed E-state index contributed by atoms with van der Waals surface area (Å²) in [7, 11) is -1.96. The molecule has 7 aromatic carbocycles. The van der Waals surface area contributed by atoms with E-state index in [2.05, 4.69) is 178 Å². The van der Waals surface area contributed by atoms with Crippen LogP contribution in [-0.4, -0.2) is 47.5 Å². The molecule has 0 radical (unpaired) electrons. The summed E-state index contributed by atoms with van der Waals surface area (Å²) in [6.45, 7) is 0. The number of rotatable bonds is 10. The Labute approximate surface area is 399 Å². The van der Waals surface area contributed by atoms with Crippen molar-refractivity contribution in [3.63, 3.8) is 0 Å². The zero-order valence-electron chi connectivity index (χ0n) is 35.0. The summed E-state index contributed by atoms with van der Waals surface area (Å²) in [4.78, 5) is 10.1. The topological polar surface area (TPSA) is 93.6 Å². The van der Waals surface area contributed by atoms with E-state index in [1.807, 2.05) is 36.4 Å². The summed E-state index contributed by atoms with van der Waals surface area (Å²) in [5.74, 6) is -1.13. The van der Waals surface area contributed by atoms with Crippen molar-refractivity contribution < 1.29 is 27.0 Å². The van der Waals surface area contributed by atoms with Gasteiger partial charge in [0.1, 0.15) is 0 Å². The number of carbonyl (C=O) groups excluding carboxylic acids is 1. The molecule has 0 N–H and O–H groups in total. The maximum absolute atomic E-state index is 10.1. The first-order valence-corrected chi connectivity index (χ1v) is 21.8. The number of hydrogen-bond acceptors (Lipinski definition) is 5. The molecule has 0 aliphatic heterocycles. The van der Waals surface area contributed by atoms with Gasteiger partial charge in [-0.05, 0) is 40.5 Å². The van der Waals surface area contributed by atoms with Crippen molar-refractivity contribution in [2.45, 2.75) is 0 Å². The summed E-state index contributed by atoms with van der Waals surface area (Å²) < 4.78 is 6.50. The minimum atomic E-state index is -1.96. The second kappa shape index (κ2) is 22.4. The first-order chi connectivity index (χ1) is 31.5. The molecule has 320 valence electrons. The molecule has 0 atom stereocenters. The van der Waals surface area contributed by atoms with Crippen molar-refractivity contribution in [2.75, 3.05) is 5.34 Å². The molecular weight excluding hydrogens is 890 g/mol. The average molecular weight is 932 g/mol. The van der Waals surface area contributed by atoms with Gasteiger partial charge in [0, 0.05) is 33.8 Å². The van der Waals surface area contributed by atoms with E-state index in [-0.39, 0.29) is 28.0 Å². The predicted octanol–water partition coefficient (Wildman–Crippen LogP) is 11.4. The van der Waals surface area contributed by atoms with Crippen LogP contribution in [0.4, 0.5) is 0 Å². The molecule has 0 bridgehead atoms. The van der Waals surface area contributed by atoms with Crippen LogP contribution in [0.25, 0.3) is 67.5 Å². The van der Waals surface area contributed by atoms with E-state index >= 15 is 0 Å². The van der Waals surface area contributed by atoms with Gasteiger partial charge in [0.05, 0.1) is 28.4 Å². The van der Waals surface area contributed by atoms with Crippen molar-refractivity contribution in [2.24, 2.45) is 0 Å². The minimum Gasteiger partial charge on any atom is -0.545 e. The van der Waals surface area contributed by atoms with Gasteiger partial charge in [-0.2, -0.15) is 0 Å². The standard InChI is InChI=1S/C45H34BN6.C7H6O2.CH2Cl2.Fe/c1-7-19-34(20-8-1)40-31-43(37-25-13-4-14-26-37)50(47-40)46(51-44(38-27-15-5-16-28-38)32-41(48-51)35-21-9-2-10-22-35)52-45(39-29-17-6-18-30-39)33-42(49-52)36-23-11-3-12-24-36;8-7(9)6-4-2-1-3-5-6;2-1-3;/h1-33,46H;1-5H,(H,8,9);1H2;/q-1;;;+2/p-1. The number of carboxylic acids is 1. The van der Waals surface area contributed by atoms with E-state index in [1.165, 1.54) is 12.1 Å². The Morgan fingerprint density at radius 1 is 0.400 bits per heavy atom. The van der Waals surface area contributed by atoms with Gasteiger partial charge in [-0.25, -0.2) is 15.3 Å². The normalized spacial score (nSPS) is 10.5. The van der Waals surface area contributed by atoms with Crippen LogP contribution in [0.5, 0.6) is 0 Å². The second-order valence-corrected chi connectivity index (χ2v) is 15.4. The number of nitrogens with zero attached hydrogens (tertiary/aromatic N) is 6. The van der Waals surface area contributed by atoms with Gasteiger partial charge in [-0.1, -0.05) is 212 Å². The molecule has 10 aromatic rings. The van der Waals surface area contributed by atoms with Crippen molar-refractivity contribution in [3.8, 4) is 67.5 Å². The molecule has 0 aliphatic carbocycles. The summed E-state index contributed by atoms with van der Waals surface area (Å²) in [6.07, 6.45) is 0. The van der Waals surface area contributed by atoms with Gasteiger partial charge in [0.2, 0.25) is 0 Å². The summed E-state index contributed by atoms with van der Waals surface area (Å²) in [5, 5.41) is 26.7. The maximum Gasteiger partial charge on any atom is 2.00 e. The molecule has 0 spiro atoms. The fraction of sp³-hybridized carbons (Fsp3) is 0.0189. The molecule has 0 saturated heterocycles. The molecule has 0 aliphatic rings. The molecular formula is C53H41BCl2FeN6O2. The number of carbonyl (C=O) groups is 1. The van der Waals surface area contributed by atoms with E-state index in [0.717, 1.165) is 67.5 Å². The van der Waals surface area contributed by atoms with Crippen LogP contribution in [0.15, 0.2) is 231 Å². The summed E-state index contributed by atoms with van der Waals surface area (Å²) in [5.41, 5.74) is 12.1. The van der Waals surface area contributed by atoms with Crippen molar-refractivity contribution >= 4 is 36.3 Å². The molecule has 0 saturated carbocycles. The number of alkyl halides is 2. The maximum atomic E-state index is 10.1. The summed E-state index contributed by atoms with van der Waals surface area (Å²) >= 11 is 9.53. The molecule has 8 nitrogen and oxygen atoms in total. The number of carboxylic acid groups (broad SMARTS) is 1. The zero-order chi connectivity index (χ0) is 44.1. The van der Waals surface area contributed by atoms with Gasteiger partial charge in [-0.3, -0.25) is 0 Å². The third kappa shape index (κ3) is 11.0. The molecule has 0 unspecified atom stereocenters. The van der Waals surface area contributed by atoms with Crippen LogP contribution in [-0.2, 0) is 17.1 Å². The van der Waals surface area contributed by atoms with Crippen LogP contribution >= 0.6 is 23.2 Å². The van der Waals surface area contributed by atoms with Gasteiger partial charge in [0.25, 0.3) is 0 Å². The smallest absolute Gasteiger partial charge is 0.545 e. The monoisotopic (exact) mass is 930 g/mol. The Balaban J connectivity index is 0.000000427. The quantitative estimate of drug-likeness (QED) is 0.101. The fourth-order valence-electron chi connectivity index (χ4n) is 7.63. The number of hydrogen-bond donors (Lipinski definition) is 0. The Bertz CT molecular complexity index is 2730. The van der Waals surface area contributed by atoms with E-state index in [1.54, 1.807) is 18.2 Å². The fourth-order valence-corrected chi connectivity index (χ4v) is 7.63. The number of halogens is 2. The molecule has 0 fully saturated rings. The van der Waals surface area contributed by atoms with Gasteiger partial charge in [0.15, 0.2) is 0 Å². The molecule has 65 heavy (non-hydrogen) atoms. The van der Waals surface area contributed by atoms with Crippen LogP contribution in [0.1, 0.15) is 10.4 Å². The van der Waals surface area contributed by atoms with E-state index in [0.29, 0.717) is 0 Å². The Kier molecular flexibility index (Phi) is 15.8. The molecule has 0 amide bonds. The first kappa shape index (κ1) is 45.8. The van der Waals surface area contributed by atoms with Crippen LogP contribution in [0.2, 0.25) is 0 Å². The second-order valence-electron chi connectivity index (χ2n) is 14.6. The molecule has 3 heterocycles. The van der Waals surface area contributed by atoms with Crippen LogP contribution in [0, 0.1) is 0 Å². The molecule has 10 rings (SSSR count). The van der Waals surface area contributed by atoms with Gasteiger partial charge in [-0.15, -0.1) is 23.2 Å². The Hall–Kier alpha value is -7.20. The number of aromatic nitrogens is 6. The van der Waals surface area contributed by atoms with Crippen LogP contribution < -0.4 is 5.11 Å². The number of aromatic carboxylic acids is 1. The molecule has 12 heteroatoms. The molecule has 3 aromatic heterocycles. The summed E-state index contributed by atoms with van der Waals surface area (Å²) in [6, 6.07) is 77.2. The van der Waals surface area contributed by atoms with Crippen molar-refractivity contribution in [1.29, 1.82) is 0 Å². The van der Waals surface area contributed by atoms with E-state index in [9.17, 15) is 9.90 Å². The number of benzene rings is 7. The third-order valence-corrected chi connectivity index (χ3v) is 10.6. The minimum absolute atomic E-state index is 0. The largest absolute Gasteiger partial charge is 2.00 e. The SMILES string of the molecule is ClCCl.O=C([O-])c1ccccc1.[Fe+2].c1ccc(-c2cc(-c3ccccc3)n([BH-](n3nc(-c4ccccc4)cc3-c3ccccc3)n3nc(-c4ccccc4)cc3-c3ccccc3)n2)cc1. The Morgan fingerprint density at radius 2 is 0.615 bits per heavy atom. The first-order valence-electron chi connectivity index (χ1n) is 20.7.